The average molecular weight is 395 g/mol. The minimum atomic E-state index is -0.355. The van der Waals surface area contributed by atoms with Crippen molar-refractivity contribution in [3.05, 3.63) is 32.9 Å². The minimum Gasteiger partial charge on any atom is -0.339 e. The van der Waals surface area contributed by atoms with Crippen LogP contribution >= 0.6 is 22.9 Å². The van der Waals surface area contributed by atoms with Gasteiger partial charge in [0.2, 0.25) is 0 Å². The third kappa shape index (κ3) is 3.50. The molecule has 26 heavy (non-hydrogen) atoms. The van der Waals surface area contributed by atoms with Crippen molar-refractivity contribution in [2.24, 2.45) is 7.05 Å². The number of hydrogen-bond acceptors (Lipinski definition) is 4. The lowest BCUT2D eigenvalue weighted by Crippen LogP contribution is -2.36. The Morgan fingerprint density at radius 3 is 2.58 bits per heavy atom. The third-order valence-corrected chi connectivity index (χ3v) is 6.10. The van der Waals surface area contributed by atoms with Gasteiger partial charge in [-0.05, 0) is 38.2 Å². The van der Waals surface area contributed by atoms with E-state index in [1.165, 1.54) is 22.2 Å². The van der Waals surface area contributed by atoms with Crippen molar-refractivity contribution in [1.82, 2.24) is 14.7 Å². The normalized spacial score (nSPS) is 14.5. The van der Waals surface area contributed by atoms with Crippen LogP contribution < -0.4 is 5.32 Å². The minimum absolute atomic E-state index is 0.0114. The molecule has 1 aliphatic rings. The van der Waals surface area contributed by atoms with Gasteiger partial charge >= 0.3 is 0 Å². The first-order valence-corrected chi connectivity index (χ1v) is 10.0. The highest BCUT2D eigenvalue weighted by atomic mass is 35.5. The molecule has 6 nitrogen and oxygen atoms in total. The van der Waals surface area contributed by atoms with E-state index in [0.29, 0.717) is 10.6 Å². The number of rotatable bonds is 4. The standard InChI is InChI=1S/C18H23ClN4O2S/c1-4-12-11(2)26-17(14(12)18(25)23-8-6-5-7-9-23)21-16(24)15-13(19)10-20-22(15)3/h10H,4-9H2,1-3H3,(H,21,24). The quantitative estimate of drug-likeness (QED) is 0.855. The Labute approximate surface area is 162 Å². The van der Waals surface area contributed by atoms with E-state index >= 15 is 0 Å². The molecule has 2 amide bonds. The maximum Gasteiger partial charge on any atom is 0.276 e. The molecule has 0 bridgehead atoms. The van der Waals surface area contributed by atoms with E-state index in [4.69, 9.17) is 11.6 Å². The summed E-state index contributed by atoms with van der Waals surface area (Å²) >= 11 is 7.52. The van der Waals surface area contributed by atoms with E-state index in [1.807, 2.05) is 18.7 Å². The fourth-order valence-electron chi connectivity index (χ4n) is 3.40. The fraction of sp³-hybridized carbons (Fsp3) is 0.500. The van der Waals surface area contributed by atoms with Crippen LogP contribution in [0.4, 0.5) is 5.00 Å². The molecular weight excluding hydrogens is 372 g/mol. The number of aryl methyl sites for hydroxylation is 2. The Bertz CT molecular complexity index is 817. The largest absolute Gasteiger partial charge is 0.339 e. The number of hydrogen-bond donors (Lipinski definition) is 1. The van der Waals surface area contributed by atoms with Gasteiger partial charge in [0.25, 0.3) is 11.8 Å². The number of likely N-dealkylation sites (tertiary alicyclic amines) is 1. The Morgan fingerprint density at radius 1 is 1.31 bits per heavy atom. The maximum atomic E-state index is 13.2. The monoisotopic (exact) mass is 394 g/mol. The first kappa shape index (κ1) is 18.9. The van der Waals surface area contributed by atoms with Crippen LogP contribution in [0.2, 0.25) is 5.02 Å². The summed E-state index contributed by atoms with van der Waals surface area (Å²) in [5.41, 5.74) is 1.92. The predicted octanol–water partition coefficient (Wildman–Crippen LogP) is 3.88. The summed E-state index contributed by atoms with van der Waals surface area (Å²) in [6, 6.07) is 0. The van der Waals surface area contributed by atoms with Crippen molar-refractivity contribution in [2.45, 2.75) is 39.5 Å². The summed E-state index contributed by atoms with van der Waals surface area (Å²) < 4.78 is 1.44. The molecule has 8 heteroatoms. The number of halogens is 1. The van der Waals surface area contributed by atoms with Crippen molar-refractivity contribution < 1.29 is 9.59 Å². The first-order valence-electron chi connectivity index (χ1n) is 8.84. The molecule has 0 atom stereocenters. The lowest BCUT2D eigenvalue weighted by molar-refractivity contribution is 0.0725. The highest BCUT2D eigenvalue weighted by Crippen LogP contribution is 2.35. The Morgan fingerprint density at radius 2 is 2.00 bits per heavy atom. The molecular formula is C18H23ClN4O2S. The summed E-state index contributed by atoms with van der Waals surface area (Å²) in [6.07, 6.45) is 5.41. The van der Waals surface area contributed by atoms with Crippen LogP contribution in [-0.4, -0.2) is 39.6 Å². The van der Waals surface area contributed by atoms with Gasteiger partial charge in [0.15, 0.2) is 0 Å². The fourth-order valence-corrected chi connectivity index (χ4v) is 4.79. The Kier molecular flexibility index (Phi) is 5.67. The van der Waals surface area contributed by atoms with E-state index in [2.05, 4.69) is 10.4 Å². The molecule has 2 aromatic heterocycles. The van der Waals surface area contributed by atoms with Crippen molar-refractivity contribution in [3.8, 4) is 0 Å². The number of piperidine rings is 1. The first-order chi connectivity index (χ1) is 12.4. The van der Waals surface area contributed by atoms with Gasteiger partial charge in [-0.15, -0.1) is 11.3 Å². The highest BCUT2D eigenvalue weighted by molar-refractivity contribution is 7.16. The lowest BCUT2D eigenvalue weighted by Gasteiger charge is -2.27. The van der Waals surface area contributed by atoms with Crippen LogP contribution in [0.1, 0.15) is 57.5 Å². The van der Waals surface area contributed by atoms with Crippen LogP contribution in [0.3, 0.4) is 0 Å². The zero-order valence-electron chi connectivity index (χ0n) is 15.3. The number of aromatic nitrogens is 2. The van der Waals surface area contributed by atoms with E-state index in [0.717, 1.165) is 49.2 Å². The molecule has 1 saturated heterocycles. The summed E-state index contributed by atoms with van der Waals surface area (Å²) in [5.74, 6) is -0.344. The van der Waals surface area contributed by atoms with Gasteiger partial charge in [-0.1, -0.05) is 18.5 Å². The molecule has 0 aliphatic carbocycles. The zero-order valence-corrected chi connectivity index (χ0v) is 16.8. The summed E-state index contributed by atoms with van der Waals surface area (Å²) in [4.78, 5) is 28.8. The Balaban J connectivity index is 1.94. The second-order valence-electron chi connectivity index (χ2n) is 6.47. The highest BCUT2D eigenvalue weighted by Gasteiger charge is 2.28. The van der Waals surface area contributed by atoms with Gasteiger partial charge in [0, 0.05) is 25.0 Å². The summed E-state index contributed by atoms with van der Waals surface area (Å²) in [5, 5.41) is 7.78. The maximum absolute atomic E-state index is 13.2. The van der Waals surface area contributed by atoms with E-state index < -0.39 is 0 Å². The van der Waals surface area contributed by atoms with Gasteiger partial charge in [-0.25, -0.2) is 0 Å². The number of amides is 2. The average Bonchev–Trinajstić information content (AvgIpc) is 3.13. The molecule has 0 saturated carbocycles. The smallest absolute Gasteiger partial charge is 0.276 e. The van der Waals surface area contributed by atoms with Crippen LogP contribution in [0.25, 0.3) is 0 Å². The van der Waals surface area contributed by atoms with Gasteiger partial charge < -0.3 is 10.2 Å². The number of thiophene rings is 1. The molecule has 1 N–H and O–H groups in total. The van der Waals surface area contributed by atoms with E-state index in [-0.39, 0.29) is 22.5 Å². The number of nitrogens with zero attached hydrogens (tertiary/aromatic N) is 3. The molecule has 1 aliphatic heterocycles. The van der Waals surface area contributed by atoms with Gasteiger partial charge in [0.05, 0.1) is 16.8 Å². The molecule has 0 aromatic carbocycles. The molecule has 0 unspecified atom stereocenters. The molecule has 140 valence electrons. The number of carbonyl (C=O) groups is 2. The molecule has 2 aromatic rings. The Hall–Kier alpha value is -1.86. The molecule has 3 rings (SSSR count). The predicted molar refractivity (Wildman–Crippen MR) is 104 cm³/mol. The van der Waals surface area contributed by atoms with Gasteiger partial charge in [-0.3, -0.25) is 14.3 Å². The van der Waals surface area contributed by atoms with Crippen molar-refractivity contribution in [2.75, 3.05) is 18.4 Å². The SMILES string of the molecule is CCc1c(C)sc(NC(=O)c2c(Cl)cnn2C)c1C(=O)N1CCCCC1. The summed E-state index contributed by atoms with van der Waals surface area (Å²) in [7, 11) is 1.66. The van der Waals surface area contributed by atoms with Crippen LogP contribution in [0, 0.1) is 6.92 Å². The van der Waals surface area contributed by atoms with Crippen LogP contribution in [0.5, 0.6) is 0 Å². The topological polar surface area (TPSA) is 67.2 Å². The summed E-state index contributed by atoms with van der Waals surface area (Å²) in [6.45, 7) is 5.57. The number of carbonyl (C=O) groups excluding carboxylic acids is 2. The zero-order chi connectivity index (χ0) is 18.8. The van der Waals surface area contributed by atoms with Crippen molar-refractivity contribution >= 4 is 39.8 Å². The third-order valence-electron chi connectivity index (χ3n) is 4.76. The van der Waals surface area contributed by atoms with Crippen molar-refractivity contribution in [1.29, 1.82) is 0 Å². The lowest BCUT2D eigenvalue weighted by atomic mass is 10.0. The molecule has 3 heterocycles. The molecule has 1 fully saturated rings. The molecule has 0 spiro atoms. The van der Waals surface area contributed by atoms with Crippen LogP contribution in [-0.2, 0) is 13.5 Å². The molecule has 0 radical (unpaired) electrons. The number of nitrogens with one attached hydrogen (secondary N) is 1. The van der Waals surface area contributed by atoms with Crippen molar-refractivity contribution in [3.63, 3.8) is 0 Å². The van der Waals surface area contributed by atoms with Crippen LogP contribution in [0.15, 0.2) is 6.20 Å². The van der Waals surface area contributed by atoms with Gasteiger partial charge in [-0.2, -0.15) is 5.10 Å². The second-order valence-corrected chi connectivity index (χ2v) is 8.10. The second kappa shape index (κ2) is 7.80. The number of anilines is 1. The van der Waals surface area contributed by atoms with E-state index in [1.54, 1.807) is 7.05 Å². The van der Waals surface area contributed by atoms with Gasteiger partial charge in [0.1, 0.15) is 10.7 Å². The van der Waals surface area contributed by atoms with E-state index in [9.17, 15) is 9.59 Å².